The van der Waals surface area contributed by atoms with E-state index in [4.69, 9.17) is 14.2 Å². The molecule has 0 bridgehead atoms. The largest absolute Gasteiger partial charge is 0.466 e. The van der Waals surface area contributed by atoms with E-state index >= 15 is 0 Å². The minimum absolute atomic E-state index is 0.0112. The zero-order valence-electron chi connectivity index (χ0n) is 45.5. The number of aliphatic hydroxyl groups is 5. The van der Waals surface area contributed by atoms with Crippen LogP contribution in [0.3, 0.4) is 0 Å². The Bertz CT molecular complexity index is 1170. The van der Waals surface area contributed by atoms with Crippen molar-refractivity contribution in [2.45, 2.75) is 333 Å². The van der Waals surface area contributed by atoms with Crippen molar-refractivity contribution in [1.82, 2.24) is 5.32 Å². The van der Waals surface area contributed by atoms with Crippen LogP contribution in [0.5, 0.6) is 0 Å². The van der Waals surface area contributed by atoms with Crippen LogP contribution in [0.4, 0.5) is 0 Å². The third-order valence-electron chi connectivity index (χ3n) is 14.4. The van der Waals surface area contributed by atoms with Gasteiger partial charge in [0.2, 0.25) is 5.91 Å². The van der Waals surface area contributed by atoms with Crippen LogP contribution < -0.4 is 5.32 Å². The van der Waals surface area contributed by atoms with Crippen LogP contribution in [-0.4, -0.2) is 100 Å². The van der Waals surface area contributed by atoms with Gasteiger partial charge in [-0.3, -0.25) is 9.59 Å². The van der Waals surface area contributed by atoms with Crippen LogP contribution in [0.15, 0.2) is 12.2 Å². The topological polar surface area (TPSA) is 175 Å². The summed E-state index contributed by atoms with van der Waals surface area (Å²) in [6, 6.07) is -0.813. The quantitative estimate of drug-likeness (QED) is 0.0195. The Balaban J connectivity index is 2.11. The number of carbonyl (C=O) groups is 2. The number of rotatable bonds is 52. The Kier molecular flexibility index (Phi) is 47.1. The highest BCUT2D eigenvalue weighted by atomic mass is 16.7. The highest BCUT2D eigenvalue weighted by molar-refractivity contribution is 5.76. The van der Waals surface area contributed by atoms with Crippen LogP contribution in [0.1, 0.15) is 290 Å². The molecule has 414 valence electrons. The first-order valence-corrected chi connectivity index (χ1v) is 30.0. The Morgan fingerprint density at radius 1 is 0.514 bits per heavy atom. The molecule has 0 radical (unpaired) electrons. The summed E-state index contributed by atoms with van der Waals surface area (Å²) in [5.74, 6) is -0.196. The molecule has 1 heterocycles. The van der Waals surface area contributed by atoms with Crippen molar-refractivity contribution in [1.29, 1.82) is 0 Å². The van der Waals surface area contributed by atoms with Crippen LogP contribution in [0, 0.1) is 0 Å². The molecule has 70 heavy (non-hydrogen) atoms. The number of esters is 1. The molecule has 1 fully saturated rings. The van der Waals surface area contributed by atoms with Gasteiger partial charge in [0.25, 0.3) is 0 Å². The van der Waals surface area contributed by atoms with E-state index in [0.29, 0.717) is 19.4 Å². The summed E-state index contributed by atoms with van der Waals surface area (Å²) in [6.45, 7) is 4.34. The number of carbonyl (C=O) groups excluding carboxylic acids is 2. The summed E-state index contributed by atoms with van der Waals surface area (Å²) in [6.07, 6.45) is 47.1. The number of nitrogens with one attached hydrogen (secondary N) is 1. The van der Waals surface area contributed by atoms with E-state index in [-0.39, 0.29) is 18.5 Å². The molecular formula is C59H113NO10. The standard InChI is InChI=1S/C59H113NO10/c1-3-5-7-9-11-13-15-16-22-26-29-33-37-41-45-52(62)51(50-69-59-58(67)57(66)56(65)53(49-61)70-59)60-54(63)46-42-38-34-30-27-23-20-18-17-19-21-24-28-32-36-40-44-48-68-55(64)47-43-39-35-31-25-14-12-10-8-6-4-2/h41,45,51-53,56-59,61-62,65-67H,3-40,42-44,46-50H2,1-2H3,(H,60,63)/b45-41+. The molecule has 0 aromatic heterocycles. The summed E-state index contributed by atoms with van der Waals surface area (Å²) in [5.41, 5.74) is 0. The molecule has 0 saturated carbocycles. The Morgan fingerprint density at radius 2 is 0.900 bits per heavy atom. The summed E-state index contributed by atoms with van der Waals surface area (Å²) in [5, 5.41) is 54.4. The van der Waals surface area contributed by atoms with Crippen molar-refractivity contribution >= 4 is 11.9 Å². The van der Waals surface area contributed by atoms with E-state index in [2.05, 4.69) is 19.2 Å². The van der Waals surface area contributed by atoms with Gasteiger partial charge in [-0.2, -0.15) is 0 Å². The predicted octanol–water partition coefficient (Wildman–Crippen LogP) is 13.6. The molecular weight excluding hydrogens is 883 g/mol. The normalized spacial score (nSPS) is 19.2. The summed E-state index contributed by atoms with van der Waals surface area (Å²) < 4.78 is 16.7. The molecule has 11 nitrogen and oxygen atoms in total. The molecule has 6 N–H and O–H groups in total. The number of ether oxygens (including phenoxy) is 3. The van der Waals surface area contributed by atoms with Gasteiger partial charge in [0.1, 0.15) is 24.4 Å². The van der Waals surface area contributed by atoms with E-state index in [0.717, 1.165) is 64.2 Å². The number of hydrogen-bond acceptors (Lipinski definition) is 10. The molecule has 1 rings (SSSR count). The predicted molar refractivity (Wildman–Crippen MR) is 288 cm³/mol. The lowest BCUT2D eigenvalue weighted by atomic mass is 9.99. The number of hydrogen-bond donors (Lipinski definition) is 6. The van der Waals surface area contributed by atoms with Crippen LogP contribution in [0.25, 0.3) is 0 Å². The van der Waals surface area contributed by atoms with Gasteiger partial charge < -0.3 is 45.1 Å². The van der Waals surface area contributed by atoms with E-state index in [9.17, 15) is 35.1 Å². The summed E-state index contributed by atoms with van der Waals surface area (Å²) in [7, 11) is 0. The monoisotopic (exact) mass is 996 g/mol. The lowest BCUT2D eigenvalue weighted by Gasteiger charge is -2.40. The lowest BCUT2D eigenvalue weighted by Crippen LogP contribution is -2.60. The molecule has 11 heteroatoms. The number of allylic oxidation sites excluding steroid dienone is 1. The number of unbranched alkanes of at least 4 members (excludes halogenated alkanes) is 38. The lowest BCUT2D eigenvalue weighted by molar-refractivity contribution is -0.302. The van der Waals surface area contributed by atoms with Crippen molar-refractivity contribution in [2.75, 3.05) is 19.8 Å². The van der Waals surface area contributed by atoms with E-state index in [1.165, 1.54) is 199 Å². The maximum atomic E-state index is 13.0. The molecule has 1 aliphatic heterocycles. The molecule has 0 aliphatic carbocycles. The fourth-order valence-electron chi connectivity index (χ4n) is 9.61. The molecule has 1 aliphatic rings. The molecule has 7 atom stereocenters. The first-order valence-electron chi connectivity index (χ1n) is 30.0. The molecule has 1 saturated heterocycles. The molecule has 7 unspecified atom stereocenters. The maximum Gasteiger partial charge on any atom is 0.305 e. The van der Waals surface area contributed by atoms with Gasteiger partial charge in [-0.05, 0) is 32.1 Å². The SMILES string of the molecule is CCCCCCCCCCCCCC/C=C/C(O)C(COC1OC(CO)C(O)C(O)C1O)NC(=O)CCCCCCCCCCCCCCCCCCCOC(=O)CCCCCCCCCCCCC. The van der Waals surface area contributed by atoms with Gasteiger partial charge in [-0.1, -0.05) is 257 Å². The van der Waals surface area contributed by atoms with Crippen molar-refractivity contribution in [3.05, 3.63) is 12.2 Å². The van der Waals surface area contributed by atoms with Crippen LogP contribution >= 0.6 is 0 Å². The molecule has 1 amide bonds. The first kappa shape index (κ1) is 66.4. The zero-order valence-corrected chi connectivity index (χ0v) is 45.5. The van der Waals surface area contributed by atoms with Gasteiger partial charge in [-0.15, -0.1) is 0 Å². The fourth-order valence-corrected chi connectivity index (χ4v) is 9.61. The van der Waals surface area contributed by atoms with Gasteiger partial charge >= 0.3 is 5.97 Å². The minimum atomic E-state index is -1.57. The summed E-state index contributed by atoms with van der Waals surface area (Å²) >= 11 is 0. The minimum Gasteiger partial charge on any atom is -0.466 e. The number of aliphatic hydroxyl groups excluding tert-OH is 5. The van der Waals surface area contributed by atoms with Crippen LogP contribution in [0.2, 0.25) is 0 Å². The van der Waals surface area contributed by atoms with Crippen molar-refractivity contribution in [3.8, 4) is 0 Å². The number of amides is 1. The Hall–Kier alpha value is -1.60. The zero-order chi connectivity index (χ0) is 51.0. The van der Waals surface area contributed by atoms with Gasteiger partial charge in [0.15, 0.2) is 6.29 Å². The second kappa shape index (κ2) is 49.6. The highest BCUT2D eigenvalue weighted by Crippen LogP contribution is 2.23. The maximum absolute atomic E-state index is 13.0. The van der Waals surface area contributed by atoms with Crippen molar-refractivity contribution in [2.24, 2.45) is 0 Å². The van der Waals surface area contributed by atoms with E-state index in [1.807, 2.05) is 6.08 Å². The second-order valence-electron chi connectivity index (χ2n) is 21.1. The highest BCUT2D eigenvalue weighted by Gasteiger charge is 2.44. The Morgan fingerprint density at radius 3 is 1.33 bits per heavy atom. The average molecular weight is 997 g/mol. The van der Waals surface area contributed by atoms with Gasteiger partial charge in [0.05, 0.1) is 32.0 Å². The Labute approximate surface area is 429 Å². The van der Waals surface area contributed by atoms with Crippen LogP contribution in [-0.2, 0) is 23.8 Å². The van der Waals surface area contributed by atoms with Crippen molar-refractivity contribution < 1.29 is 49.3 Å². The molecule has 0 aromatic carbocycles. The van der Waals surface area contributed by atoms with Crippen molar-refractivity contribution in [3.63, 3.8) is 0 Å². The van der Waals surface area contributed by atoms with E-state index < -0.39 is 49.5 Å². The summed E-state index contributed by atoms with van der Waals surface area (Å²) in [4.78, 5) is 25.1. The molecule has 0 aromatic rings. The van der Waals surface area contributed by atoms with Gasteiger partial charge in [0, 0.05) is 12.8 Å². The fraction of sp³-hybridized carbons (Fsp3) is 0.932. The molecule has 0 spiro atoms. The first-order chi connectivity index (χ1) is 34.2. The third kappa shape index (κ3) is 38.9. The average Bonchev–Trinajstić information content (AvgIpc) is 3.36. The smallest absolute Gasteiger partial charge is 0.305 e. The third-order valence-corrected chi connectivity index (χ3v) is 14.4. The van der Waals surface area contributed by atoms with E-state index in [1.54, 1.807) is 6.08 Å². The second-order valence-corrected chi connectivity index (χ2v) is 21.1. The van der Waals surface area contributed by atoms with Gasteiger partial charge in [-0.25, -0.2) is 0 Å².